The second kappa shape index (κ2) is 5.79. The maximum absolute atomic E-state index is 12.6. The molecule has 5 nitrogen and oxygen atoms in total. The number of nitrogens with two attached hydrogens (primary N) is 1. The zero-order valence-electron chi connectivity index (χ0n) is 11.6. The Labute approximate surface area is 126 Å². The number of carbonyl (C=O) groups is 1. The first kappa shape index (κ1) is 16.6. The molecule has 2 atom stereocenters. The second-order valence-electron chi connectivity index (χ2n) is 5.18. The van der Waals surface area contributed by atoms with Crippen LogP contribution in [0.4, 0.5) is 18.9 Å². The van der Waals surface area contributed by atoms with Crippen LogP contribution in [0.2, 0.25) is 0 Å². The van der Waals surface area contributed by atoms with Gasteiger partial charge in [-0.2, -0.15) is 13.2 Å². The lowest BCUT2D eigenvalue weighted by molar-refractivity contribution is -0.122. The summed E-state index contributed by atoms with van der Waals surface area (Å²) in [5.74, 6) is -0.684. The van der Waals surface area contributed by atoms with Gasteiger partial charge in [0.15, 0.2) is 9.73 Å². The van der Waals surface area contributed by atoms with Crippen molar-refractivity contribution in [3.63, 3.8) is 0 Å². The summed E-state index contributed by atoms with van der Waals surface area (Å²) in [6.07, 6.45) is 1.45. The fraction of sp³-hybridized carbons (Fsp3) is 0.462. The second-order valence-corrected chi connectivity index (χ2v) is 7.23. The average molecular weight is 335 g/mol. The molecule has 1 fully saturated rings. The molecular formula is C13H16F3N3O2S. The molecule has 2 rings (SSSR count). The predicted molar refractivity (Wildman–Crippen MR) is 75.8 cm³/mol. The van der Waals surface area contributed by atoms with Gasteiger partial charge < -0.3 is 10.6 Å². The number of nitrogens with one attached hydrogen (secondary N) is 1. The SMILES string of the molecule is N=[S@](=O)(c1ccc(N2CCC[C@H](C(N)=O)C2)cc1)C(F)(F)F. The molecule has 1 aromatic rings. The van der Waals surface area contributed by atoms with Crippen molar-refractivity contribution in [2.45, 2.75) is 23.2 Å². The van der Waals surface area contributed by atoms with Crippen molar-refractivity contribution in [2.24, 2.45) is 11.7 Å². The van der Waals surface area contributed by atoms with E-state index in [9.17, 15) is 22.2 Å². The van der Waals surface area contributed by atoms with Crippen molar-refractivity contribution in [3.05, 3.63) is 24.3 Å². The molecule has 0 aliphatic carbocycles. The Balaban J connectivity index is 2.21. The van der Waals surface area contributed by atoms with Crippen LogP contribution in [-0.4, -0.2) is 28.7 Å². The summed E-state index contributed by atoms with van der Waals surface area (Å²) in [5.41, 5.74) is 0.800. The molecule has 3 N–H and O–H groups in total. The Morgan fingerprint density at radius 3 is 2.41 bits per heavy atom. The third-order valence-electron chi connectivity index (χ3n) is 3.68. The average Bonchev–Trinajstić information content (AvgIpc) is 2.46. The van der Waals surface area contributed by atoms with Crippen LogP contribution < -0.4 is 10.6 Å². The third-order valence-corrected chi connectivity index (χ3v) is 5.27. The van der Waals surface area contributed by atoms with Crippen LogP contribution in [0.1, 0.15) is 12.8 Å². The molecule has 1 heterocycles. The van der Waals surface area contributed by atoms with E-state index in [1.807, 2.05) is 4.90 Å². The molecule has 0 unspecified atom stereocenters. The fourth-order valence-electron chi connectivity index (χ4n) is 2.43. The molecular weight excluding hydrogens is 319 g/mol. The Kier molecular flexibility index (Phi) is 4.37. The lowest BCUT2D eigenvalue weighted by Gasteiger charge is -2.33. The molecule has 1 aliphatic heterocycles. The first-order valence-corrected chi connectivity index (χ1v) is 8.18. The number of amides is 1. The molecule has 122 valence electrons. The van der Waals surface area contributed by atoms with Crippen molar-refractivity contribution >= 4 is 21.3 Å². The molecule has 9 heteroatoms. The van der Waals surface area contributed by atoms with Crippen LogP contribution >= 0.6 is 0 Å². The first-order chi connectivity index (χ1) is 10.1. The number of hydrogen-bond acceptors (Lipinski definition) is 4. The lowest BCUT2D eigenvalue weighted by Crippen LogP contribution is -2.41. The lowest BCUT2D eigenvalue weighted by atomic mass is 9.97. The number of anilines is 1. The maximum Gasteiger partial charge on any atom is 0.483 e. The number of piperidine rings is 1. The van der Waals surface area contributed by atoms with Gasteiger partial charge in [-0.3, -0.25) is 4.79 Å². The fourth-order valence-corrected chi connectivity index (χ4v) is 3.21. The third kappa shape index (κ3) is 3.18. The maximum atomic E-state index is 12.6. The number of alkyl halides is 3. The van der Waals surface area contributed by atoms with Gasteiger partial charge in [0.1, 0.15) is 0 Å². The molecule has 1 aliphatic rings. The minimum atomic E-state index is -5.10. The molecule has 0 spiro atoms. The van der Waals surface area contributed by atoms with Crippen molar-refractivity contribution in [3.8, 4) is 0 Å². The van der Waals surface area contributed by atoms with Crippen molar-refractivity contribution in [1.29, 1.82) is 4.78 Å². The van der Waals surface area contributed by atoms with E-state index in [2.05, 4.69) is 0 Å². The number of benzene rings is 1. The van der Waals surface area contributed by atoms with Crippen molar-refractivity contribution in [1.82, 2.24) is 0 Å². The molecule has 0 radical (unpaired) electrons. The van der Waals surface area contributed by atoms with Crippen LogP contribution in [0.5, 0.6) is 0 Å². The van der Waals surface area contributed by atoms with Crippen LogP contribution in [0.3, 0.4) is 0 Å². The highest BCUT2D eigenvalue weighted by atomic mass is 32.2. The highest BCUT2D eigenvalue weighted by Gasteiger charge is 2.43. The molecule has 1 aromatic carbocycles. The van der Waals surface area contributed by atoms with Gasteiger partial charge in [0.05, 0.1) is 10.8 Å². The number of rotatable bonds is 3. The number of hydrogen-bond donors (Lipinski definition) is 2. The van der Waals surface area contributed by atoms with Crippen LogP contribution in [0.25, 0.3) is 0 Å². The van der Waals surface area contributed by atoms with E-state index in [0.29, 0.717) is 25.2 Å². The normalized spacial score (nSPS) is 22.1. The topological polar surface area (TPSA) is 87.2 Å². The van der Waals surface area contributed by atoms with Gasteiger partial charge in [0.2, 0.25) is 5.91 Å². The first-order valence-electron chi connectivity index (χ1n) is 6.62. The number of nitrogens with zero attached hydrogens (tertiary/aromatic N) is 1. The number of carbonyl (C=O) groups excluding carboxylic acids is 1. The van der Waals surface area contributed by atoms with E-state index in [4.69, 9.17) is 10.5 Å². The van der Waals surface area contributed by atoms with E-state index >= 15 is 0 Å². The van der Waals surface area contributed by atoms with Gasteiger partial charge in [0, 0.05) is 18.8 Å². The van der Waals surface area contributed by atoms with E-state index in [1.165, 1.54) is 12.1 Å². The molecule has 0 aromatic heterocycles. The van der Waals surface area contributed by atoms with Gasteiger partial charge in [-0.1, -0.05) is 0 Å². The molecule has 0 saturated carbocycles. The zero-order chi connectivity index (χ0) is 16.5. The summed E-state index contributed by atoms with van der Waals surface area (Å²) in [5, 5.41) is 0. The summed E-state index contributed by atoms with van der Waals surface area (Å²) in [6, 6.07) is 4.87. The summed E-state index contributed by atoms with van der Waals surface area (Å²) in [6.45, 7) is 1.07. The van der Waals surface area contributed by atoms with E-state index in [0.717, 1.165) is 18.6 Å². The van der Waals surface area contributed by atoms with Crippen molar-refractivity contribution in [2.75, 3.05) is 18.0 Å². The highest BCUT2D eigenvalue weighted by Crippen LogP contribution is 2.32. The number of halogens is 3. The summed E-state index contributed by atoms with van der Waals surface area (Å²) < 4.78 is 56.3. The largest absolute Gasteiger partial charge is 0.483 e. The summed E-state index contributed by atoms with van der Waals surface area (Å²) >= 11 is 0. The highest BCUT2D eigenvalue weighted by molar-refractivity contribution is 7.93. The summed E-state index contributed by atoms with van der Waals surface area (Å²) in [7, 11) is -4.84. The van der Waals surface area contributed by atoms with Crippen molar-refractivity contribution < 1.29 is 22.2 Å². The Hall–Kier alpha value is -1.77. The number of primary amides is 1. The minimum absolute atomic E-state index is 0.288. The van der Waals surface area contributed by atoms with Gasteiger partial charge in [0.25, 0.3) is 0 Å². The zero-order valence-corrected chi connectivity index (χ0v) is 12.4. The van der Waals surface area contributed by atoms with Gasteiger partial charge in [-0.05, 0) is 37.1 Å². The van der Waals surface area contributed by atoms with E-state index in [-0.39, 0.29) is 5.92 Å². The molecule has 1 amide bonds. The Morgan fingerprint density at radius 1 is 1.32 bits per heavy atom. The van der Waals surface area contributed by atoms with E-state index < -0.39 is 26.0 Å². The Morgan fingerprint density at radius 2 is 1.91 bits per heavy atom. The molecule has 1 saturated heterocycles. The van der Waals surface area contributed by atoms with Gasteiger partial charge in [-0.15, -0.1) is 0 Å². The van der Waals surface area contributed by atoms with E-state index in [1.54, 1.807) is 0 Å². The van der Waals surface area contributed by atoms with Crippen LogP contribution in [0.15, 0.2) is 29.2 Å². The van der Waals surface area contributed by atoms with Crippen LogP contribution in [0, 0.1) is 10.7 Å². The van der Waals surface area contributed by atoms with Gasteiger partial charge >= 0.3 is 5.51 Å². The Bertz CT molecular complexity index is 656. The minimum Gasteiger partial charge on any atom is -0.371 e. The standard InChI is InChI=1S/C13H16F3N3O2S/c14-13(15,16)22(18,21)11-5-3-10(4-6-11)19-7-1-2-9(8-19)12(17)20/h3-6,9,18H,1-2,7-8H2,(H2,17,20)/t9-,22-/m0/s1. The monoisotopic (exact) mass is 335 g/mol. The summed E-state index contributed by atoms with van der Waals surface area (Å²) in [4.78, 5) is 12.5. The smallest absolute Gasteiger partial charge is 0.371 e. The quantitative estimate of drug-likeness (QED) is 0.888. The molecule has 0 bridgehead atoms. The predicted octanol–water partition coefficient (Wildman–Crippen LogP) is 2.31. The molecule has 22 heavy (non-hydrogen) atoms. The van der Waals surface area contributed by atoms with Gasteiger partial charge in [-0.25, -0.2) is 8.99 Å². The van der Waals surface area contributed by atoms with Crippen LogP contribution in [-0.2, 0) is 14.5 Å².